The second-order valence-corrected chi connectivity index (χ2v) is 14.8. The number of rotatable bonds is 4. The molecule has 0 radical (unpaired) electrons. The normalized spacial score (nSPS) is 15.5. The first-order valence-corrected chi connectivity index (χ1v) is 18.7. The van der Waals surface area contributed by atoms with Crippen LogP contribution in [0.3, 0.4) is 0 Å². The lowest BCUT2D eigenvalue weighted by molar-refractivity contribution is 0.728. The van der Waals surface area contributed by atoms with Crippen molar-refractivity contribution in [3.05, 3.63) is 194 Å². The van der Waals surface area contributed by atoms with Crippen LogP contribution in [0.4, 0.5) is 0 Å². The molecule has 1 aliphatic carbocycles. The van der Waals surface area contributed by atoms with Crippen LogP contribution in [0, 0.1) is 5.41 Å². The molecule has 1 aliphatic rings. The molecule has 0 saturated heterocycles. The predicted octanol–water partition coefficient (Wildman–Crippen LogP) is 14.1. The Hall–Kier alpha value is -6.90. The highest BCUT2D eigenvalue weighted by molar-refractivity contribution is 6.25. The van der Waals surface area contributed by atoms with Crippen LogP contribution in [0.25, 0.3) is 99.7 Å². The molecular formula is C52H36N2. The minimum Gasteiger partial charge on any atom is -0.309 e. The zero-order valence-corrected chi connectivity index (χ0v) is 30.0. The Kier molecular flexibility index (Phi) is 6.57. The molecule has 54 heavy (non-hydrogen) atoms. The van der Waals surface area contributed by atoms with Crippen molar-refractivity contribution >= 4 is 77.2 Å². The Balaban J connectivity index is 1.09. The Morgan fingerprint density at radius 3 is 1.70 bits per heavy atom. The van der Waals surface area contributed by atoms with Crippen molar-refractivity contribution in [3.8, 4) is 22.5 Å². The van der Waals surface area contributed by atoms with Crippen LogP contribution in [0.15, 0.2) is 183 Å². The van der Waals surface area contributed by atoms with Gasteiger partial charge in [-0.1, -0.05) is 133 Å². The zero-order valence-electron chi connectivity index (χ0n) is 30.0. The van der Waals surface area contributed by atoms with E-state index in [1.807, 2.05) is 6.08 Å². The van der Waals surface area contributed by atoms with Crippen LogP contribution in [-0.2, 0) is 0 Å². The van der Waals surface area contributed by atoms with E-state index in [9.17, 15) is 0 Å². The van der Waals surface area contributed by atoms with Gasteiger partial charge in [-0.25, -0.2) is 0 Å². The number of aromatic nitrogens is 2. The van der Waals surface area contributed by atoms with Crippen molar-refractivity contribution in [2.24, 2.45) is 5.41 Å². The molecule has 0 fully saturated rings. The number of hydrogen-bond acceptors (Lipinski definition) is 0. The summed E-state index contributed by atoms with van der Waals surface area (Å²) in [4.78, 5) is 0. The van der Waals surface area contributed by atoms with Crippen molar-refractivity contribution in [2.45, 2.75) is 6.92 Å². The molecule has 0 spiro atoms. The largest absolute Gasteiger partial charge is 0.309 e. The van der Waals surface area contributed by atoms with E-state index < -0.39 is 0 Å². The number of benzene rings is 8. The van der Waals surface area contributed by atoms with Crippen molar-refractivity contribution in [1.29, 1.82) is 0 Å². The number of hydrogen-bond donors (Lipinski definition) is 0. The van der Waals surface area contributed by atoms with E-state index in [-0.39, 0.29) is 5.41 Å². The Morgan fingerprint density at radius 1 is 0.426 bits per heavy atom. The molecule has 11 rings (SSSR count). The van der Waals surface area contributed by atoms with Crippen molar-refractivity contribution in [3.63, 3.8) is 0 Å². The molecule has 8 aromatic carbocycles. The van der Waals surface area contributed by atoms with Gasteiger partial charge in [-0.2, -0.15) is 0 Å². The van der Waals surface area contributed by atoms with Gasteiger partial charge in [-0.3, -0.25) is 0 Å². The van der Waals surface area contributed by atoms with Gasteiger partial charge in [0.15, 0.2) is 0 Å². The zero-order chi connectivity index (χ0) is 36.0. The summed E-state index contributed by atoms with van der Waals surface area (Å²) in [6, 6.07) is 58.1. The van der Waals surface area contributed by atoms with Gasteiger partial charge in [0.25, 0.3) is 0 Å². The first-order chi connectivity index (χ1) is 26.6. The third-order valence-electron chi connectivity index (χ3n) is 11.7. The number of allylic oxidation sites excluding steroid dienone is 3. The summed E-state index contributed by atoms with van der Waals surface area (Å²) < 4.78 is 4.84. The van der Waals surface area contributed by atoms with E-state index in [1.54, 1.807) is 0 Å². The second-order valence-electron chi connectivity index (χ2n) is 14.8. The van der Waals surface area contributed by atoms with Gasteiger partial charge >= 0.3 is 0 Å². The maximum atomic E-state index is 4.12. The number of nitrogens with zero attached hydrogens (tertiary/aromatic N) is 2. The fourth-order valence-corrected chi connectivity index (χ4v) is 8.91. The van der Waals surface area contributed by atoms with Gasteiger partial charge in [0, 0.05) is 38.5 Å². The first-order valence-electron chi connectivity index (χ1n) is 18.7. The van der Waals surface area contributed by atoms with E-state index in [1.165, 1.54) is 87.4 Å². The lowest BCUT2D eigenvalue weighted by atomic mass is 9.90. The van der Waals surface area contributed by atoms with Crippen LogP contribution < -0.4 is 0 Å². The first kappa shape index (κ1) is 30.7. The minimum absolute atomic E-state index is 0.202. The SMILES string of the molecule is C=CC1(C)C=Cc2c(n(-c3ccc4c(c3)c3ccccc3n4-c3cccc(-c4ccc5c6ccccc6c6ccccc6c5c4)c3)c3ccccc23)C=C1. The average Bonchev–Trinajstić information content (AvgIpc) is 3.67. The topological polar surface area (TPSA) is 9.86 Å². The Bertz CT molecular complexity index is 3220. The molecule has 10 aromatic rings. The summed E-state index contributed by atoms with van der Waals surface area (Å²) in [5.74, 6) is 0. The van der Waals surface area contributed by atoms with Crippen molar-refractivity contribution < 1.29 is 0 Å². The van der Waals surface area contributed by atoms with Crippen LogP contribution in [0.5, 0.6) is 0 Å². The fraction of sp³-hybridized carbons (Fsp3) is 0.0385. The number of para-hydroxylation sites is 2. The van der Waals surface area contributed by atoms with Crippen LogP contribution in [0.1, 0.15) is 18.2 Å². The van der Waals surface area contributed by atoms with Crippen molar-refractivity contribution in [1.82, 2.24) is 9.13 Å². The molecule has 0 bridgehead atoms. The Morgan fingerprint density at radius 2 is 0.981 bits per heavy atom. The summed E-state index contributed by atoms with van der Waals surface area (Å²) in [6.45, 7) is 6.32. The summed E-state index contributed by atoms with van der Waals surface area (Å²) >= 11 is 0. The van der Waals surface area contributed by atoms with E-state index in [2.05, 4.69) is 205 Å². The monoisotopic (exact) mass is 688 g/mol. The van der Waals surface area contributed by atoms with E-state index >= 15 is 0 Å². The molecule has 0 N–H and O–H groups in total. The van der Waals surface area contributed by atoms with Crippen molar-refractivity contribution in [2.75, 3.05) is 0 Å². The van der Waals surface area contributed by atoms with E-state index in [0.29, 0.717) is 0 Å². The highest BCUT2D eigenvalue weighted by Crippen LogP contribution is 2.41. The maximum absolute atomic E-state index is 4.12. The smallest absolute Gasteiger partial charge is 0.0542 e. The molecule has 2 heteroatoms. The average molecular weight is 689 g/mol. The second kappa shape index (κ2) is 11.6. The molecule has 2 nitrogen and oxygen atoms in total. The highest BCUT2D eigenvalue weighted by Gasteiger charge is 2.22. The standard InChI is InChI=1S/C52H36N2/c1-3-52(2)29-27-45-43-19-8-10-21-48(43)54(51(45)28-30-52)37-24-26-50-47(33-37)44-20-9-11-22-49(44)53(50)36-14-12-13-34(31-36)35-23-25-42-40-17-5-4-15-38(40)39-16-6-7-18-41(39)46(42)32-35/h3-33H,1H2,2H3. The molecular weight excluding hydrogens is 653 g/mol. The molecule has 2 aromatic heterocycles. The molecule has 254 valence electrons. The number of fused-ring (bicyclic) bond motifs is 12. The van der Waals surface area contributed by atoms with Crippen LogP contribution in [0.2, 0.25) is 0 Å². The van der Waals surface area contributed by atoms with E-state index in [4.69, 9.17) is 0 Å². The molecule has 2 heterocycles. The molecule has 1 unspecified atom stereocenters. The summed E-state index contributed by atoms with van der Waals surface area (Å²) in [7, 11) is 0. The van der Waals surface area contributed by atoms with Crippen LogP contribution >= 0.6 is 0 Å². The third kappa shape index (κ3) is 4.47. The molecule has 0 saturated carbocycles. The Labute approximate surface area is 313 Å². The minimum atomic E-state index is -0.202. The van der Waals surface area contributed by atoms with Gasteiger partial charge in [-0.15, -0.1) is 6.58 Å². The lowest BCUT2D eigenvalue weighted by Gasteiger charge is -2.15. The quantitative estimate of drug-likeness (QED) is 0.129. The molecule has 0 amide bonds. The van der Waals surface area contributed by atoms with E-state index in [0.717, 1.165) is 11.4 Å². The highest BCUT2D eigenvalue weighted by atomic mass is 15.0. The van der Waals surface area contributed by atoms with Gasteiger partial charge in [0.05, 0.1) is 22.2 Å². The predicted molar refractivity (Wildman–Crippen MR) is 232 cm³/mol. The summed E-state index contributed by atoms with van der Waals surface area (Å²) in [5.41, 5.74) is 10.5. The summed E-state index contributed by atoms with van der Waals surface area (Å²) in [6.07, 6.45) is 11.1. The lowest BCUT2D eigenvalue weighted by Crippen LogP contribution is -2.03. The van der Waals surface area contributed by atoms with Gasteiger partial charge in [-0.05, 0) is 105 Å². The van der Waals surface area contributed by atoms with Gasteiger partial charge < -0.3 is 9.13 Å². The molecule has 1 atom stereocenters. The van der Waals surface area contributed by atoms with Gasteiger partial charge in [0.2, 0.25) is 0 Å². The van der Waals surface area contributed by atoms with Crippen LogP contribution in [-0.4, -0.2) is 9.13 Å². The summed E-state index contributed by atoms with van der Waals surface area (Å²) in [5, 5.41) is 11.5. The third-order valence-corrected chi connectivity index (χ3v) is 11.7. The maximum Gasteiger partial charge on any atom is 0.0542 e. The molecule has 0 aliphatic heterocycles. The van der Waals surface area contributed by atoms with Gasteiger partial charge in [0.1, 0.15) is 0 Å². The fourth-order valence-electron chi connectivity index (χ4n) is 8.91.